The Morgan fingerprint density at radius 3 is 2.61 bits per heavy atom. The van der Waals surface area contributed by atoms with Crippen LogP contribution in [0.4, 0.5) is 8.78 Å². The van der Waals surface area contributed by atoms with E-state index in [0.717, 1.165) is 12.1 Å². The number of amides is 1. The number of fused-ring (bicyclic) bond motifs is 1. The molecule has 2 heterocycles. The van der Waals surface area contributed by atoms with Gasteiger partial charge in [-0.3, -0.25) is 4.79 Å². The lowest BCUT2D eigenvalue weighted by molar-refractivity contribution is 0.0748. The van der Waals surface area contributed by atoms with Crippen LogP contribution in [0.3, 0.4) is 0 Å². The number of halogens is 2. The van der Waals surface area contributed by atoms with Gasteiger partial charge >= 0.3 is 0 Å². The standard InChI is InChI=1S/C16H14F2N4O/c1-2-21(10-11-3-4-12(17)13(18)9-11)16(23)14-15-20-6-8-22(15)7-5-19-14/h3-9H,2,10H2,1H3. The summed E-state index contributed by atoms with van der Waals surface area (Å²) >= 11 is 0. The van der Waals surface area contributed by atoms with Gasteiger partial charge in [-0.05, 0) is 24.6 Å². The molecule has 0 saturated heterocycles. The quantitative estimate of drug-likeness (QED) is 0.743. The van der Waals surface area contributed by atoms with Crippen molar-refractivity contribution in [1.29, 1.82) is 0 Å². The second-order valence-electron chi connectivity index (χ2n) is 5.00. The van der Waals surface area contributed by atoms with Crippen LogP contribution in [0.25, 0.3) is 5.65 Å². The van der Waals surface area contributed by atoms with Crippen molar-refractivity contribution in [2.24, 2.45) is 0 Å². The Hall–Kier alpha value is -2.83. The topological polar surface area (TPSA) is 50.5 Å². The molecule has 0 aliphatic heterocycles. The van der Waals surface area contributed by atoms with Crippen LogP contribution in [0.15, 0.2) is 43.0 Å². The number of hydrogen-bond donors (Lipinski definition) is 0. The third-order valence-electron chi connectivity index (χ3n) is 3.54. The van der Waals surface area contributed by atoms with E-state index in [1.807, 2.05) is 6.92 Å². The Labute approximate surface area is 131 Å². The van der Waals surface area contributed by atoms with E-state index in [1.54, 1.807) is 23.0 Å². The molecule has 0 atom stereocenters. The lowest BCUT2D eigenvalue weighted by Gasteiger charge is -2.20. The molecule has 0 spiro atoms. The first-order valence-corrected chi connectivity index (χ1v) is 7.11. The highest BCUT2D eigenvalue weighted by Crippen LogP contribution is 2.14. The Kier molecular flexibility index (Phi) is 4.01. The second-order valence-corrected chi connectivity index (χ2v) is 5.00. The van der Waals surface area contributed by atoms with Crippen molar-refractivity contribution in [3.05, 3.63) is 65.9 Å². The molecule has 0 aliphatic rings. The van der Waals surface area contributed by atoms with Gasteiger partial charge in [0.05, 0.1) is 0 Å². The molecule has 0 N–H and O–H groups in total. The largest absolute Gasteiger partial charge is 0.333 e. The minimum absolute atomic E-state index is 0.163. The van der Waals surface area contributed by atoms with Gasteiger partial charge in [-0.1, -0.05) is 6.07 Å². The van der Waals surface area contributed by atoms with Gasteiger partial charge in [0.1, 0.15) is 0 Å². The molecule has 2 aromatic heterocycles. The van der Waals surface area contributed by atoms with Crippen LogP contribution < -0.4 is 0 Å². The molecular weight excluding hydrogens is 302 g/mol. The summed E-state index contributed by atoms with van der Waals surface area (Å²) in [7, 11) is 0. The number of aromatic nitrogens is 3. The van der Waals surface area contributed by atoms with Crippen molar-refractivity contribution in [2.45, 2.75) is 13.5 Å². The van der Waals surface area contributed by atoms with E-state index in [9.17, 15) is 13.6 Å². The molecular formula is C16H14F2N4O. The van der Waals surface area contributed by atoms with Gasteiger partial charge in [0, 0.05) is 37.9 Å². The van der Waals surface area contributed by atoms with Crippen LogP contribution >= 0.6 is 0 Å². The van der Waals surface area contributed by atoms with Crippen LogP contribution in [0, 0.1) is 11.6 Å². The molecule has 1 aromatic carbocycles. The first-order valence-electron chi connectivity index (χ1n) is 7.11. The van der Waals surface area contributed by atoms with Crippen LogP contribution in [0.1, 0.15) is 23.0 Å². The fraction of sp³-hybridized carbons (Fsp3) is 0.188. The third-order valence-corrected chi connectivity index (χ3v) is 3.54. The average Bonchev–Trinajstić information content (AvgIpc) is 3.03. The first-order chi connectivity index (χ1) is 11.1. The molecule has 0 fully saturated rings. The van der Waals surface area contributed by atoms with E-state index >= 15 is 0 Å². The van der Waals surface area contributed by atoms with Gasteiger partial charge in [0.25, 0.3) is 5.91 Å². The van der Waals surface area contributed by atoms with Crippen molar-refractivity contribution in [1.82, 2.24) is 19.3 Å². The first kappa shape index (κ1) is 15.1. The Morgan fingerprint density at radius 1 is 1.17 bits per heavy atom. The highest BCUT2D eigenvalue weighted by atomic mass is 19.2. The number of hydrogen-bond acceptors (Lipinski definition) is 3. The normalized spacial score (nSPS) is 10.9. The maximum absolute atomic E-state index is 13.3. The van der Waals surface area contributed by atoms with E-state index < -0.39 is 11.6 Å². The fourth-order valence-electron chi connectivity index (χ4n) is 2.34. The number of nitrogens with zero attached hydrogens (tertiary/aromatic N) is 4. The summed E-state index contributed by atoms with van der Waals surface area (Å²) in [5, 5.41) is 0. The second kappa shape index (κ2) is 6.12. The lowest BCUT2D eigenvalue weighted by atomic mass is 10.2. The molecule has 3 aromatic rings. The lowest BCUT2D eigenvalue weighted by Crippen LogP contribution is -2.31. The van der Waals surface area contributed by atoms with Gasteiger partial charge < -0.3 is 9.30 Å². The van der Waals surface area contributed by atoms with Gasteiger partial charge in [0.15, 0.2) is 23.0 Å². The maximum atomic E-state index is 13.3. The molecule has 7 heteroatoms. The number of rotatable bonds is 4. The van der Waals surface area contributed by atoms with Gasteiger partial charge in [-0.2, -0.15) is 0 Å². The van der Waals surface area contributed by atoms with Crippen LogP contribution in [-0.4, -0.2) is 31.7 Å². The van der Waals surface area contributed by atoms with E-state index in [0.29, 0.717) is 17.8 Å². The summed E-state index contributed by atoms with van der Waals surface area (Å²) in [6, 6.07) is 3.60. The molecule has 5 nitrogen and oxygen atoms in total. The molecule has 3 rings (SSSR count). The van der Waals surface area contributed by atoms with E-state index in [1.165, 1.54) is 17.2 Å². The number of imidazole rings is 1. The molecule has 0 saturated carbocycles. The van der Waals surface area contributed by atoms with Crippen molar-refractivity contribution in [3.8, 4) is 0 Å². The summed E-state index contributed by atoms with van der Waals surface area (Å²) in [6.45, 7) is 2.38. The van der Waals surface area contributed by atoms with Gasteiger partial charge in [0.2, 0.25) is 0 Å². The predicted octanol–water partition coefficient (Wildman–Crippen LogP) is 2.67. The van der Waals surface area contributed by atoms with Crippen LogP contribution in [0.5, 0.6) is 0 Å². The van der Waals surface area contributed by atoms with E-state index in [4.69, 9.17) is 0 Å². The Bertz CT molecular complexity index is 862. The zero-order valence-electron chi connectivity index (χ0n) is 12.4. The number of carbonyl (C=O) groups excluding carboxylic acids is 1. The zero-order chi connectivity index (χ0) is 16.4. The van der Waals surface area contributed by atoms with Crippen molar-refractivity contribution in [2.75, 3.05) is 6.54 Å². The average molecular weight is 316 g/mol. The molecule has 23 heavy (non-hydrogen) atoms. The summed E-state index contributed by atoms with van der Waals surface area (Å²) in [5.41, 5.74) is 1.19. The van der Waals surface area contributed by atoms with Gasteiger partial charge in [-0.25, -0.2) is 18.7 Å². The Morgan fingerprint density at radius 2 is 1.91 bits per heavy atom. The summed E-state index contributed by atoms with van der Waals surface area (Å²) in [6.07, 6.45) is 6.52. The fourth-order valence-corrected chi connectivity index (χ4v) is 2.34. The minimum atomic E-state index is -0.931. The predicted molar refractivity (Wildman–Crippen MR) is 79.8 cm³/mol. The molecule has 0 bridgehead atoms. The highest BCUT2D eigenvalue weighted by molar-refractivity contribution is 5.97. The number of benzene rings is 1. The smallest absolute Gasteiger partial charge is 0.276 e. The zero-order valence-corrected chi connectivity index (χ0v) is 12.4. The Balaban J connectivity index is 1.89. The highest BCUT2D eigenvalue weighted by Gasteiger charge is 2.20. The van der Waals surface area contributed by atoms with Crippen molar-refractivity contribution >= 4 is 11.6 Å². The van der Waals surface area contributed by atoms with Crippen LogP contribution in [-0.2, 0) is 6.54 Å². The van der Waals surface area contributed by atoms with Crippen LogP contribution in [0.2, 0.25) is 0 Å². The van der Waals surface area contributed by atoms with Crippen molar-refractivity contribution < 1.29 is 13.6 Å². The SMILES string of the molecule is CCN(Cc1ccc(F)c(F)c1)C(=O)c1nccn2ccnc12. The van der Waals surface area contributed by atoms with Crippen molar-refractivity contribution in [3.63, 3.8) is 0 Å². The third kappa shape index (κ3) is 2.90. The van der Waals surface area contributed by atoms with E-state index in [2.05, 4.69) is 9.97 Å². The molecule has 0 unspecified atom stereocenters. The molecule has 0 radical (unpaired) electrons. The molecule has 0 aliphatic carbocycles. The number of carbonyl (C=O) groups is 1. The maximum Gasteiger partial charge on any atom is 0.276 e. The molecule has 1 amide bonds. The molecule has 118 valence electrons. The van der Waals surface area contributed by atoms with E-state index in [-0.39, 0.29) is 18.1 Å². The summed E-state index contributed by atoms with van der Waals surface area (Å²) in [4.78, 5) is 22.4. The minimum Gasteiger partial charge on any atom is -0.333 e. The monoisotopic (exact) mass is 316 g/mol. The summed E-state index contributed by atoms with van der Waals surface area (Å²) in [5.74, 6) is -2.15. The van der Waals surface area contributed by atoms with Gasteiger partial charge in [-0.15, -0.1) is 0 Å². The summed E-state index contributed by atoms with van der Waals surface area (Å²) < 4.78 is 28.0.